The van der Waals surface area contributed by atoms with Gasteiger partial charge in [0.15, 0.2) is 0 Å². The second-order valence-electron chi connectivity index (χ2n) is 6.05. The summed E-state index contributed by atoms with van der Waals surface area (Å²) in [5, 5.41) is 15.8. The molecule has 1 unspecified atom stereocenters. The Hall–Kier alpha value is -1.75. The van der Waals surface area contributed by atoms with Crippen molar-refractivity contribution < 1.29 is 14.6 Å². The van der Waals surface area contributed by atoms with E-state index in [9.17, 15) is 9.90 Å². The van der Waals surface area contributed by atoms with Crippen LogP contribution in [0.5, 0.6) is 5.75 Å². The minimum Gasteiger partial charge on any atom is -0.506 e. The third-order valence-electron chi connectivity index (χ3n) is 3.12. The Bertz CT molecular complexity index is 488. The van der Waals surface area contributed by atoms with Crippen molar-refractivity contribution in [3.8, 4) is 5.75 Å². The minimum atomic E-state index is -0.565. The molecule has 1 saturated heterocycles. The molecule has 1 aliphatic rings. The molecule has 1 aromatic rings. The van der Waals surface area contributed by atoms with E-state index < -0.39 is 11.7 Å². The number of phenolic OH excluding ortho intramolecular Hbond substituents is 1. The largest absolute Gasteiger partial charge is 0.506 e. The second-order valence-corrected chi connectivity index (χ2v) is 6.05. The van der Waals surface area contributed by atoms with Gasteiger partial charge < -0.3 is 15.2 Å². The number of aromatic hydroxyl groups is 1. The van der Waals surface area contributed by atoms with E-state index in [-0.39, 0.29) is 11.8 Å². The SMILES string of the molecule is CC(C)(C)OC(=O)Nc1cc(C2CCCN2)ccc1O. The molecule has 2 rings (SSSR count). The number of nitrogens with one attached hydrogen (secondary N) is 2. The maximum Gasteiger partial charge on any atom is 0.412 e. The number of benzene rings is 1. The predicted octanol–water partition coefficient (Wildman–Crippen LogP) is 3.16. The number of carbonyl (C=O) groups excluding carboxylic acids is 1. The van der Waals surface area contributed by atoms with Crippen LogP contribution in [0.2, 0.25) is 0 Å². The van der Waals surface area contributed by atoms with Crippen molar-refractivity contribution in [3.63, 3.8) is 0 Å². The topological polar surface area (TPSA) is 70.6 Å². The molecular weight excluding hydrogens is 256 g/mol. The third kappa shape index (κ3) is 3.87. The van der Waals surface area contributed by atoms with Gasteiger partial charge in [0.1, 0.15) is 11.4 Å². The standard InChI is InChI=1S/C15H22N2O3/c1-15(2,3)20-14(19)17-12-9-10(6-7-13(12)18)11-5-4-8-16-11/h6-7,9,11,16,18H,4-5,8H2,1-3H3,(H,17,19). The first-order valence-corrected chi connectivity index (χ1v) is 6.91. The van der Waals surface area contributed by atoms with E-state index in [4.69, 9.17) is 4.74 Å². The normalized spacial score (nSPS) is 18.9. The average Bonchev–Trinajstić information content (AvgIpc) is 2.83. The van der Waals surface area contributed by atoms with Crippen molar-refractivity contribution in [2.45, 2.75) is 45.3 Å². The van der Waals surface area contributed by atoms with E-state index in [1.807, 2.05) is 6.07 Å². The van der Waals surface area contributed by atoms with Crippen LogP contribution in [0, 0.1) is 0 Å². The molecule has 0 radical (unpaired) electrons. The highest BCUT2D eigenvalue weighted by molar-refractivity contribution is 5.87. The highest BCUT2D eigenvalue weighted by Crippen LogP contribution is 2.30. The minimum absolute atomic E-state index is 0.0395. The Morgan fingerprint density at radius 3 is 2.80 bits per heavy atom. The number of hydrogen-bond donors (Lipinski definition) is 3. The van der Waals surface area contributed by atoms with E-state index >= 15 is 0 Å². The predicted molar refractivity (Wildman–Crippen MR) is 77.9 cm³/mol. The lowest BCUT2D eigenvalue weighted by Crippen LogP contribution is -2.27. The Morgan fingerprint density at radius 2 is 2.20 bits per heavy atom. The summed E-state index contributed by atoms with van der Waals surface area (Å²) in [5.41, 5.74) is 0.876. The highest BCUT2D eigenvalue weighted by atomic mass is 16.6. The maximum atomic E-state index is 11.8. The summed E-state index contributed by atoms with van der Waals surface area (Å²) in [6.45, 7) is 6.39. The molecule has 3 N–H and O–H groups in total. The fourth-order valence-electron chi connectivity index (χ4n) is 2.25. The molecule has 110 valence electrons. The second kappa shape index (κ2) is 5.71. The third-order valence-corrected chi connectivity index (χ3v) is 3.12. The number of phenols is 1. The fraction of sp³-hybridized carbons (Fsp3) is 0.533. The Kier molecular flexibility index (Phi) is 4.18. The number of rotatable bonds is 2. The van der Waals surface area contributed by atoms with E-state index in [0.717, 1.165) is 24.9 Å². The van der Waals surface area contributed by atoms with Gasteiger partial charge >= 0.3 is 6.09 Å². The first kappa shape index (κ1) is 14.7. The van der Waals surface area contributed by atoms with E-state index in [1.165, 1.54) is 0 Å². The van der Waals surface area contributed by atoms with Gasteiger partial charge in [0.25, 0.3) is 0 Å². The lowest BCUT2D eigenvalue weighted by molar-refractivity contribution is 0.0635. The summed E-state index contributed by atoms with van der Waals surface area (Å²) in [5.74, 6) is 0.0395. The van der Waals surface area contributed by atoms with E-state index in [0.29, 0.717) is 5.69 Å². The molecule has 1 aromatic carbocycles. The molecule has 0 saturated carbocycles. The van der Waals surface area contributed by atoms with Gasteiger partial charge in [0, 0.05) is 6.04 Å². The van der Waals surface area contributed by atoms with Crippen molar-refractivity contribution >= 4 is 11.8 Å². The van der Waals surface area contributed by atoms with Crippen LogP contribution in [0.1, 0.15) is 45.2 Å². The zero-order chi connectivity index (χ0) is 14.8. The van der Waals surface area contributed by atoms with Crippen LogP contribution in [-0.4, -0.2) is 23.3 Å². The summed E-state index contributed by atoms with van der Waals surface area (Å²) in [4.78, 5) is 11.8. The summed E-state index contributed by atoms with van der Waals surface area (Å²) in [6, 6.07) is 5.55. The number of carbonyl (C=O) groups is 1. The summed E-state index contributed by atoms with van der Waals surface area (Å²) in [6.07, 6.45) is 1.64. The van der Waals surface area contributed by atoms with Crippen LogP contribution in [0.3, 0.4) is 0 Å². The summed E-state index contributed by atoms with van der Waals surface area (Å²) in [7, 11) is 0. The molecule has 1 atom stereocenters. The molecule has 5 nitrogen and oxygen atoms in total. The van der Waals surface area contributed by atoms with Crippen molar-refractivity contribution in [2.75, 3.05) is 11.9 Å². The maximum absolute atomic E-state index is 11.8. The monoisotopic (exact) mass is 278 g/mol. The van der Waals surface area contributed by atoms with Gasteiger partial charge in [-0.3, -0.25) is 5.32 Å². The zero-order valence-electron chi connectivity index (χ0n) is 12.2. The zero-order valence-corrected chi connectivity index (χ0v) is 12.2. The van der Waals surface area contributed by atoms with Crippen LogP contribution in [-0.2, 0) is 4.74 Å². The molecule has 20 heavy (non-hydrogen) atoms. The average molecular weight is 278 g/mol. The van der Waals surface area contributed by atoms with Gasteiger partial charge in [-0.2, -0.15) is 0 Å². The van der Waals surface area contributed by atoms with Crippen molar-refractivity contribution in [1.29, 1.82) is 0 Å². The highest BCUT2D eigenvalue weighted by Gasteiger charge is 2.20. The smallest absolute Gasteiger partial charge is 0.412 e. The Balaban J connectivity index is 2.10. The van der Waals surface area contributed by atoms with Gasteiger partial charge in [-0.05, 0) is 57.9 Å². The molecule has 5 heteroatoms. The first-order chi connectivity index (χ1) is 9.35. The van der Waals surface area contributed by atoms with Gasteiger partial charge in [0.2, 0.25) is 0 Å². The molecule has 1 amide bonds. The van der Waals surface area contributed by atoms with Crippen molar-refractivity contribution in [1.82, 2.24) is 5.32 Å². The fourth-order valence-corrected chi connectivity index (χ4v) is 2.25. The van der Waals surface area contributed by atoms with Crippen LogP contribution in [0.15, 0.2) is 18.2 Å². The van der Waals surface area contributed by atoms with Crippen LogP contribution < -0.4 is 10.6 Å². The molecular formula is C15H22N2O3. The summed E-state index contributed by atoms with van der Waals surface area (Å²) >= 11 is 0. The molecule has 1 heterocycles. The number of amides is 1. The first-order valence-electron chi connectivity index (χ1n) is 6.91. The van der Waals surface area contributed by atoms with Crippen molar-refractivity contribution in [3.05, 3.63) is 23.8 Å². The molecule has 0 bridgehead atoms. The van der Waals surface area contributed by atoms with Crippen LogP contribution in [0.4, 0.5) is 10.5 Å². The van der Waals surface area contributed by atoms with E-state index in [1.54, 1.807) is 32.9 Å². The van der Waals surface area contributed by atoms with Gasteiger partial charge in [-0.1, -0.05) is 6.07 Å². The molecule has 0 spiro atoms. The van der Waals surface area contributed by atoms with E-state index in [2.05, 4.69) is 10.6 Å². The number of anilines is 1. The van der Waals surface area contributed by atoms with Gasteiger partial charge in [-0.15, -0.1) is 0 Å². The molecule has 0 aliphatic carbocycles. The van der Waals surface area contributed by atoms with Crippen LogP contribution in [0.25, 0.3) is 0 Å². The van der Waals surface area contributed by atoms with Crippen LogP contribution >= 0.6 is 0 Å². The van der Waals surface area contributed by atoms with Gasteiger partial charge in [-0.25, -0.2) is 4.79 Å². The number of hydrogen-bond acceptors (Lipinski definition) is 4. The summed E-state index contributed by atoms with van der Waals surface area (Å²) < 4.78 is 5.19. The lowest BCUT2D eigenvalue weighted by Gasteiger charge is -2.20. The van der Waals surface area contributed by atoms with Gasteiger partial charge in [0.05, 0.1) is 5.69 Å². The Morgan fingerprint density at radius 1 is 1.45 bits per heavy atom. The Labute approximate surface area is 119 Å². The molecule has 0 aromatic heterocycles. The molecule has 1 fully saturated rings. The van der Waals surface area contributed by atoms with Crippen molar-refractivity contribution in [2.24, 2.45) is 0 Å². The molecule has 1 aliphatic heterocycles. The number of ether oxygens (including phenoxy) is 1. The lowest BCUT2D eigenvalue weighted by atomic mass is 10.0. The quantitative estimate of drug-likeness (QED) is 0.727.